The normalized spacial score (nSPS) is 23.9. The molecule has 2 aliphatic rings. The molecule has 3 heterocycles. The fraction of sp³-hybridized carbons (Fsp3) is 0.545. The van der Waals surface area contributed by atoms with Crippen molar-refractivity contribution in [2.24, 2.45) is 0 Å². The number of hydrogen-bond acceptors (Lipinski definition) is 4. The zero-order valence-corrected chi connectivity index (χ0v) is 9.59. The number of aldehydes is 1. The second-order valence-corrected chi connectivity index (χ2v) is 5.39. The van der Waals surface area contributed by atoms with E-state index in [2.05, 4.69) is 16.8 Å². The Hall–Kier alpha value is -1.03. The Kier molecular flexibility index (Phi) is 1.99. The second-order valence-electron chi connectivity index (χ2n) is 4.33. The summed E-state index contributed by atoms with van der Waals surface area (Å²) in [6.45, 7) is 2.26. The third-order valence-corrected chi connectivity index (χ3v) is 4.45. The molecule has 3 rings (SSSR count). The highest BCUT2D eigenvalue weighted by atomic mass is 32.1. The van der Waals surface area contributed by atoms with E-state index in [-0.39, 0.29) is 0 Å². The monoisotopic (exact) mass is 222 g/mol. The minimum atomic E-state index is 0.667. The number of carbonyl (C=O) groups is 1. The van der Waals surface area contributed by atoms with Gasteiger partial charge in [0.25, 0.3) is 0 Å². The van der Waals surface area contributed by atoms with Gasteiger partial charge in [-0.2, -0.15) is 0 Å². The van der Waals surface area contributed by atoms with Gasteiger partial charge < -0.3 is 9.80 Å². The summed E-state index contributed by atoms with van der Waals surface area (Å²) in [5.74, 6) is 0. The summed E-state index contributed by atoms with van der Waals surface area (Å²) in [4.78, 5) is 16.4. The summed E-state index contributed by atoms with van der Waals surface area (Å²) in [5.41, 5.74) is 1.24. The largest absolute Gasteiger partial charge is 0.370 e. The molecule has 1 saturated heterocycles. The van der Waals surface area contributed by atoms with Crippen molar-refractivity contribution in [3.05, 3.63) is 10.9 Å². The maximum atomic E-state index is 10.8. The van der Waals surface area contributed by atoms with Gasteiger partial charge in [0.05, 0.1) is 10.6 Å². The number of anilines is 2. The summed E-state index contributed by atoms with van der Waals surface area (Å²) in [5, 5.41) is 1.30. The van der Waals surface area contributed by atoms with Gasteiger partial charge in [-0.25, -0.2) is 0 Å². The van der Waals surface area contributed by atoms with Crippen molar-refractivity contribution in [2.45, 2.75) is 18.9 Å². The summed E-state index contributed by atoms with van der Waals surface area (Å²) in [6.07, 6.45) is 3.53. The van der Waals surface area contributed by atoms with Crippen molar-refractivity contribution in [1.82, 2.24) is 0 Å². The lowest BCUT2D eigenvalue weighted by Crippen LogP contribution is -2.43. The van der Waals surface area contributed by atoms with Gasteiger partial charge in [-0.1, -0.05) is 0 Å². The highest BCUT2D eigenvalue weighted by molar-refractivity contribution is 7.18. The molecule has 0 spiro atoms. The van der Waals surface area contributed by atoms with Gasteiger partial charge in [-0.3, -0.25) is 4.79 Å². The van der Waals surface area contributed by atoms with Gasteiger partial charge in [0.2, 0.25) is 0 Å². The summed E-state index contributed by atoms with van der Waals surface area (Å²) in [6, 6.07) is 2.68. The third kappa shape index (κ3) is 1.28. The molecule has 80 valence electrons. The summed E-state index contributed by atoms with van der Waals surface area (Å²) >= 11 is 1.63. The Bertz CT molecular complexity index is 401. The standard InChI is InChI=1S/C11H14N2OS/c1-12-6-8-3-2-4-13(8)11-10(12)5-9(7-14)15-11/h5,7-8H,2-4,6H2,1H3. The SMILES string of the molecule is CN1CC2CCCN2c2sc(C=O)cc21. The van der Waals surface area contributed by atoms with Crippen molar-refractivity contribution < 1.29 is 4.79 Å². The average molecular weight is 222 g/mol. The van der Waals surface area contributed by atoms with Gasteiger partial charge >= 0.3 is 0 Å². The van der Waals surface area contributed by atoms with Crippen LogP contribution in [-0.4, -0.2) is 32.5 Å². The predicted molar refractivity (Wildman–Crippen MR) is 63.3 cm³/mol. The third-order valence-electron chi connectivity index (χ3n) is 3.36. The van der Waals surface area contributed by atoms with Crippen LogP contribution in [0.4, 0.5) is 10.7 Å². The molecule has 1 unspecified atom stereocenters. The number of thiophene rings is 1. The van der Waals surface area contributed by atoms with Crippen LogP contribution in [0.2, 0.25) is 0 Å². The van der Waals surface area contributed by atoms with E-state index in [1.54, 1.807) is 11.3 Å². The van der Waals surface area contributed by atoms with E-state index in [1.807, 2.05) is 6.07 Å². The lowest BCUT2D eigenvalue weighted by atomic mass is 10.1. The molecule has 2 aliphatic heterocycles. The molecule has 0 aromatic carbocycles. The molecule has 1 atom stereocenters. The number of likely N-dealkylation sites (N-methyl/N-ethyl adjacent to an activating group) is 1. The number of carbonyl (C=O) groups excluding carboxylic acids is 1. The van der Waals surface area contributed by atoms with E-state index in [0.717, 1.165) is 24.3 Å². The van der Waals surface area contributed by atoms with Crippen LogP contribution < -0.4 is 9.80 Å². The Labute approximate surface area is 93.3 Å². The minimum Gasteiger partial charge on any atom is -0.370 e. The lowest BCUT2D eigenvalue weighted by molar-refractivity contribution is 0.112. The van der Waals surface area contributed by atoms with Crippen LogP contribution in [0.15, 0.2) is 6.07 Å². The average Bonchev–Trinajstić information content (AvgIpc) is 2.81. The van der Waals surface area contributed by atoms with Crippen LogP contribution in [-0.2, 0) is 0 Å². The topological polar surface area (TPSA) is 23.6 Å². The van der Waals surface area contributed by atoms with E-state index in [4.69, 9.17) is 0 Å². The predicted octanol–water partition coefficient (Wildman–Crippen LogP) is 1.98. The molecular weight excluding hydrogens is 208 g/mol. The number of rotatable bonds is 1. The number of nitrogens with zero attached hydrogens (tertiary/aromatic N) is 2. The van der Waals surface area contributed by atoms with Crippen LogP contribution in [0.25, 0.3) is 0 Å². The van der Waals surface area contributed by atoms with E-state index in [0.29, 0.717) is 6.04 Å². The first-order valence-corrected chi connectivity index (χ1v) is 6.18. The van der Waals surface area contributed by atoms with Crippen LogP contribution >= 0.6 is 11.3 Å². The summed E-state index contributed by atoms with van der Waals surface area (Å²) < 4.78 is 0. The van der Waals surface area contributed by atoms with Crippen LogP contribution in [0, 0.1) is 0 Å². The molecular formula is C11H14N2OS. The van der Waals surface area contributed by atoms with Crippen molar-refractivity contribution in [1.29, 1.82) is 0 Å². The van der Waals surface area contributed by atoms with Crippen molar-refractivity contribution in [2.75, 3.05) is 29.9 Å². The molecule has 3 nitrogen and oxygen atoms in total. The minimum absolute atomic E-state index is 0.667. The van der Waals surface area contributed by atoms with Gasteiger partial charge in [-0.05, 0) is 18.9 Å². The van der Waals surface area contributed by atoms with Gasteiger partial charge in [-0.15, -0.1) is 11.3 Å². The van der Waals surface area contributed by atoms with Crippen LogP contribution in [0.5, 0.6) is 0 Å². The highest BCUT2D eigenvalue weighted by Gasteiger charge is 2.34. The first-order chi connectivity index (χ1) is 7.29. The lowest BCUT2D eigenvalue weighted by Gasteiger charge is -2.37. The maximum absolute atomic E-state index is 10.8. The van der Waals surface area contributed by atoms with E-state index < -0.39 is 0 Å². The van der Waals surface area contributed by atoms with E-state index in [1.165, 1.54) is 23.5 Å². The quantitative estimate of drug-likeness (QED) is 0.679. The highest BCUT2D eigenvalue weighted by Crippen LogP contribution is 2.44. The van der Waals surface area contributed by atoms with Gasteiger partial charge in [0.1, 0.15) is 5.00 Å². The van der Waals surface area contributed by atoms with E-state index in [9.17, 15) is 4.79 Å². The Morgan fingerprint density at radius 3 is 3.27 bits per heavy atom. The van der Waals surface area contributed by atoms with Crippen molar-refractivity contribution in [3.8, 4) is 0 Å². The zero-order valence-electron chi connectivity index (χ0n) is 8.77. The molecule has 0 saturated carbocycles. The van der Waals surface area contributed by atoms with Gasteiger partial charge in [0, 0.05) is 26.2 Å². The molecule has 0 radical (unpaired) electrons. The fourth-order valence-corrected chi connectivity index (χ4v) is 3.75. The number of hydrogen-bond donors (Lipinski definition) is 0. The van der Waals surface area contributed by atoms with Crippen molar-refractivity contribution in [3.63, 3.8) is 0 Å². The molecule has 1 fully saturated rings. The van der Waals surface area contributed by atoms with E-state index >= 15 is 0 Å². The maximum Gasteiger partial charge on any atom is 0.160 e. The van der Waals surface area contributed by atoms with Crippen LogP contribution in [0.1, 0.15) is 22.5 Å². The molecule has 0 amide bonds. The Morgan fingerprint density at radius 2 is 2.47 bits per heavy atom. The number of fused-ring (bicyclic) bond motifs is 3. The van der Waals surface area contributed by atoms with Crippen molar-refractivity contribution >= 4 is 28.3 Å². The molecule has 1 aromatic heterocycles. The van der Waals surface area contributed by atoms with Crippen LogP contribution in [0.3, 0.4) is 0 Å². The molecule has 0 bridgehead atoms. The molecule has 0 aliphatic carbocycles. The first kappa shape index (κ1) is 9.21. The summed E-state index contributed by atoms with van der Waals surface area (Å²) in [7, 11) is 2.12. The Morgan fingerprint density at radius 1 is 1.60 bits per heavy atom. The zero-order chi connectivity index (χ0) is 10.4. The van der Waals surface area contributed by atoms with Gasteiger partial charge in [0.15, 0.2) is 6.29 Å². The fourth-order valence-electron chi connectivity index (χ4n) is 2.63. The molecule has 0 N–H and O–H groups in total. The molecule has 1 aromatic rings. The smallest absolute Gasteiger partial charge is 0.160 e. The Balaban J connectivity index is 2.08. The molecule has 4 heteroatoms. The molecule has 15 heavy (non-hydrogen) atoms. The first-order valence-electron chi connectivity index (χ1n) is 5.36. The second kappa shape index (κ2) is 3.23.